The average molecular weight is 169 g/mol. The summed E-state index contributed by atoms with van der Waals surface area (Å²) in [5.41, 5.74) is -0.129. The zero-order valence-electron chi connectivity index (χ0n) is 7.29. The second-order valence-corrected chi connectivity index (χ2v) is 2.75. The highest BCUT2D eigenvalue weighted by Crippen LogP contribution is 1.92. The summed E-state index contributed by atoms with van der Waals surface area (Å²) in [7, 11) is 4.78. The van der Waals surface area contributed by atoms with E-state index in [1.165, 1.54) is 15.8 Å². The molecule has 12 heavy (non-hydrogen) atoms. The van der Waals surface area contributed by atoms with Crippen LogP contribution in [0.25, 0.3) is 0 Å². The molecule has 0 unspecified atom stereocenters. The highest BCUT2D eigenvalue weighted by Gasteiger charge is 2.13. The van der Waals surface area contributed by atoms with Gasteiger partial charge in [0.2, 0.25) is 0 Å². The summed E-state index contributed by atoms with van der Waals surface area (Å²) in [6, 6.07) is 0. The van der Waals surface area contributed by atoms with Gasteiger partial charge in [-0.25, -0.2) is 0 Å². The number of H-pyrrole nitrogens is 1. The first-order valence-electron chi connectivity index (χ1n) is 3.50. The summed E-state index contributed by atoms with van der Waals surface area (Å²) in [4.78, 5) is 23.8. The van der Waals surface area contributed by atoms with Gasteiger partial charge in [0.1, 0.15) is 5.56 Å². The van der Waals surface area contributed by atoms with Crippen molar-refractivity contribution >= 4 is 5.91 Å². The van der Waals surface area contributed by atoms with E-state index in [1.54, 1.807) is 21.1 Å². The molecule has 0 saturated carbocycles. The van der Waals surface area contributed by atoms with Gasteiger partial charge in [0.15, 0.2) is 0 Å². The van der Waals surface area contributed by atoms with Crippen molar-refractivity contribution in [2.45, 2.75) is 0 Å². The average Bonchev–Trinajstić information content (AvgIpc) is 2.32. The van der Waals surface area contributed by atoms with Crippen LogP contribution in [-0.4, -0.2) is 34.7 Å². The van der Waals surface area contributed by atoms with Crippen LogP contribution in [0.15, 0.2) is 11.0 Å². The van der Waals surface area contributed by atoms with Crippen molar-refractivity contribution in [2.24, 2.45) is 7.05 Å². The number of hydrogen-bond acceptors (Lipinski definition) is 2. The van der Waals surface area contributed by atoms with Gasteiger partial charge < -0.3 is 10.00 Å². The van der Waals surface area contributed by atoms with Crippen molar-refractivity contribution in [3.8, 4) is 0 Å². The van der Waals surface area contributed by atoms with Gasteiger partial charge >= 0.3 is 0 Å². The number of aromatic nitrogens is 2. The minimum atomic E-state index is -0.297. The largest absolute Gasteiger partial charge is 0.345 e. The standard InChI is InChI=1S/C7H11N3O2/c1-9(2)6(11)5-4-8-10(3)7(5)12/h4,8H,1-3H3. The van der Waals surface area contributed by atoms with Gasteiger partial charge in [-0.05, 0) is 0 Å². The van der Waals surface area contributed by atoms with Gasteiger partial charge in [0.25, 0.3) is 11.5 Å². The highest BCUT2D eigenvalue weighted by molar-refractivity contribution is 5.93. The summed E-state index contributed by atoms with van der Waals surface area (Å²) >= 11 is 0. The second kappa shape index (κ2) is 2.84. The summed E-state index contributed by atoms with van der Waals surface area (Å²) in [5, 5.41) is 2.63. The molecule has 0 fully saturated rings. The topological polar surface area (TPSA) is 58.1 Å². The molecular weight excluding hydrogens is 158 g/mol. The van der Waals surface area contributed by atoms with Gasteiger partial charge in [0, 0.05) is 27.3 Å². The Labute approximate surface area is 69.6 Å². The number of amides is 1. The van der Waals surface area contributed by atoms with Crippen LogP contribution < -0.4 is 5.56 Å². The SMILES string of the molecule is CN(C)C(=O)c1c[nH]n(C)c1=O. The lowest BCUT2D eigenvalue weighted by atomic mass is 10.3. The van der Waals surface area contributed by atoms with Crippen molar-refractivity contribution in [1.29, 1.82) is 0 Å². The maximum absolute atomic E-state index is 11.3. The van der Waals surface area contributed by atoms with Crippen molar-refractivity contribution in [2.75, 3.05) is 14.1 Å². The number of aromatic amines is 1. The lowest BCUT2D eigenvalue weighted by Gasteiger charge is -2.06. The Morgan fingerprint density at radius 1 is 1.58 bits per heavy atom. The van der Waals surface area contributed by atoms with Crippen LogP contribution in [0, 0.1) is 0 Å². The molecule has 1 N–H and O–H groups in total. The molecule has 0 radical (unpaired) electrons. The molecule has 5 heteroatoms. The summed E-state index contributed by atoms with van der Waals surface area (Å²) < 4.78 is 1.26. The van der Waals surface area contributed by atoms with E-state index in [4.69, 9.17) is 0 Å². The van der Waals surface area contributed by atoms with Gasteiger partial charge in [-0.1, -0.05) is 0 Å². The van der Waals surface area contributed by atoms with Crippen LogP contribution in [-0.2, 0) is 7.05 Å². The molecule has 0 atom stereocenters. The van der Waals surface area contributed by atoms with Crippen LogP contribution in [0.2, 0.25) is 0 Å². The van der Waals surface area contributed by atoms with E-state index in [0.717, 1.165) is 0 Å². The third-order valence-electron chi connectivity index (χ3n) is 1.57. The van der Waals surface area contributed by atoms with Gasteiger partial charge in [-0.3, -0.25) is 14.3 Å². The van der Waals surface area contributed by atoms with E-state index >= 15 is 0 Å². The Hall–Kier alpha value is -1.52. The number of nitrogens with one attached hydrogen (secondary N) is 1. The number of nitrogens with zero attached hydrogens (tertiary/aromatic N) is 2. The first-order chi connectivity index (χ1) is 5.54. The minimum Gasteiger partial charge on any atom is -0.345 e. The zero-order chi connectivity index (χ0) is 9.30. The second-order valence-electron chi connectivity index (χ2n) is 2.75. The van der Waals surface area contributed by atoms with E-state index in [-0.39, 0.29) is 17.0 Å². The van der Waals surface area contributed by atoms with Crippen molar-refractivity contribution < 1.29 is 4.79 Å². The summed E-state index contributed by atoms with van der Waals surface area (Å²) in [6.07, 6.45) is 1.41. The predicted octanol–water partition coefficient (Wildman–Crippen LogP) is -0.585. The fourth-order valence-corrected chi connectivity index (χ4v) is 0.857. The molecule has 0 spiro atoms. The van der Waals surface area contributed by atoms with E-state index in [2.05, 4.69) is 5.10 Å². The molecule has 1 aromatic heterocycles. The Morgan fingerprint density at radius 2 is 2.17 bits per heavy atom. The molecule has 1 amide bonds. The Bertz CT molecular complexity index is 348. The number of carbonyl (C=O) groups is 1. The maximum atomic E-state index is 11.3. The van der Waals surface area contributed by atoms with Crippen molar-refractivity contribution in [1.82, 2.24) is 14.7 Å². The maximum Gasteiger partial charge on any atom is 0.279 e. The normalized spacial score (nSPS) is 9.92. The molecule has 66 valence electrons. The van der Waals surface area contributed by atoms with Crippen LogP contribution in [0.3, 0.4) is 0 Å². The minimum absolute atomic E-state index is 0.169. The van der Waals surface area contributed by atoms with E-state index < -0.39 is 0 Å². The molecule has 1 aromatic rings. The van der Waals surface area contributed by atoms with Crippen LogP contribution in [0.5, 0.6) is 0 Å². The first-order valence-corrected chi connectivity index (χ1v) is 3.50. The summed E-state index contributed by atoms with van der Waals surface area (Å²) in [6.45, 7) is 0. The third-order valence-corrected chi connectivity index (χ3v) is 1.57. The monoisotopic (exact) mass is 169 g/mol. The number of carbonyl (C=O) groups excluding carboxylic acids is 1. The Balaban J connectivity index is 3.13. The zero-order valence-corrected chi connectivity index (χ0v) is 7.29. The highest BCUT2D eigenvalue weighted by atomic mass is 16.2. The van der Waals surface area contributed by atoms with E-state index in [9.17, 15) is 9.59 Å². The first kappa shape index (κ1) is 8.58. The third kappa shape index (κ3) is 1.25. The lowest BCUT2D eigenvalue weighted by molar-refractivity contribution is 0.0826. The van der Waals surface area contributed by atoms with Crippen LogP contribution in [0.4, 0.5) is 0 Å². The summed E-state index contributed by atoms with van der Waals surface area (Å²) in [5.74, 6) is -0.281. The number of hydrogen-bond donors (Lipinski definition) is 1. The van der Waals surface area contributed by atoms with Crippen molar-refractivity contribution in [3.05, 3.63) is 22.1 Å². The molecule has 1 heterocycles. The Morgan fingerprint density at radius 3 is 2.50 bits per heavy atom. The molecule has 0 aromatic carbocycles. The lowest BCUT2D eigenvalue weighted by Crippen LogP contribution is -2.28. The number of rotatable bonds is 1. The van der Waals surface area contributed by atoms with Crippen LogP contribution >= 0.6 is 0 Å². The molecule has 1 rings (SSSR count). The molecule has 5 nitrogen and oxygen atoms in total. The quantitative estimate of drug-likeness (QED) is 0.611. The van der Waals surface area contributed by atoms with Gasteiger partial charge in [-0.2, -0.15) is 0 Å². The molecule has 0 aliphatic rings. The van der Waals surface area contributed by atoms with Crippen LogP contribution in [0.1, 0.15) is 10.4 Å². The van der Waals surface area contributed by atoms with Gasteiger partial charge in [-0.15, -0.1) is 0 Å². The van der Waals surface area contributed by atoms with E-state index in [0.29, 0.717) is 0 Å². The molecular formula is C7H11N3O2. The fraction of sp³-hybridized carbons (Fsp3) is 0.429. The molecule has 0 bridgehead atoms. The van der Waals surface area contributed by atoms with Gasteiger partial charge in [0.05, 0.1) is 0 Å². The Kier molecular flexibility index (Phi) is 2.03. The molecule has 0 aliphatic carbocycles. The van der Waals surface area contributed by atoms with E-state index in [1.807, 2.05) is 0 Å². The fourth-order valence-electron chi connectivity index (χ4n) is 0.857. The predicted molar refractivity (Wildman–Crippen MR) is 44.1 cm³/mol. The molecule has 0 saturated heterocycles. The smallest absolute Gasteiger partial charge is 0.279 e. The van der Waals surface area contributed by atoms with Crippen molar-refractivity contribution in [3.63, 3.8) is 0 Å². The number of aryl methyl sites for hydroxylation is 1. The molecule has 0 aliphatic heterocycles.